The lowest BCUT2D eigenvalue weighted by molar-refractivity contribution is 0.673. The highest BCUT2D eigenvalue weighted by atomic mass is 32.1. The van der Waals surface area contributed by atoms with Crippen molar-refractivity contribution in [3.63, 3.8) is 0 Å². The fourth-order valence-electron chi connectivity index (χ4n) is 2.97. The fourth-order valence-corrected chi connectivity index (χ4v) is 4.12. The molecule has 0 amide bonds. The van der Waals surface area contributed by atoms with Crippen molar-refractivity contribution in [3.05, 3.63) is 72.8 Å². The van der Waals surface area contributed by atoms with Crippen LogP contribution in [-0.4, -0.2) is 0 Å². The molecule has 5 rings (SSSR count). The lowest BCUT2D eigenvalue weighted by Gasteiger charge is -2.05. The Morgan fingerprint density at radius 2 is 1.57 bits per heavy atom. The van der Waals surface area contributed by atoms with Gasteiger partial charge in [-0.15, -0.1) is 11.3 Å². The Balaban J connectivity index is 1.70. The van der Waals surface area contributed by atoms with Crippen LogP contribution in [0.15, 0.2) is 77.2 Å². The van der Waals surface area contributed by atoms with Crippen molar-refractivity contribution in [3.8, 4) is 0 Å². The Bertz CT molecular complexity index is 1140. The van der Waals surface area contributed by atoms with Gasteiger partial charge in [0.1, 0.15) is 5.58 Å². The number of anilines is 2. The van der Waals surface area contributed by atoms with Gasteiger partial charge in [0, 0.05) is 26.8 Å². The zero-order valence-electron chi connectivity index (χ0n) is 12.2. The van der Waals surface area contributed by atoms with Gasteiger partial charge in [0.25, 0.3) is 0 Å². The third-order valence-electron chi connectivity index (χ3n) is 4.05. The van der Waals surface area contributed by atoms with Gasteiger partial charge in [0.05, 0.1) is 4.70 Å². The smallest absolute Gasteiger partial charge is 0.154 e. The molecule has 0 atom stereocenters. The molecule has 0 aliphatic rings. The highest BCUT2D eigenvalue weighted by Gasteiger charge is 2.13. The number of furan rings is 1. The van der Waals surface area contributed by atoms with E-state index in [4.69, 9.17) is 4.42 Å². The van der Waals surface area contributed by atoms with Crippen molar-refractivity contribution in [2.24, 2.45) is 0 Å². The van der Waals surface area contributed by atoms with Crippen LogP contribution in [-0.2, 0) is 0 Å². The first kappa shape index (κ1) is 12.7. The minimum absolute atomic E-state index is 0.940. The molecular weight excluding hydrogens is 302 g/mol. The molecule has 0 saturated heterocycles. The summed E-state index contributed by atoms with van der Waals surface area (Å²) in [5.74, 6) is 0. The summed E-state index contributed by atoms with van der Waals surface area (Å²) in [7, 11) is 0. The Kier molecular flexibility index (Phi) is 2.69. The van der Waals surface area contributed by atoms with E-state index in [1.807, 2.05) is 24.3 Å². The Morgan fingerprint density at radius 3 is 2.48 bits per heavy atom. The van der Waals surface area contributed by atoms with Crippen molar-refractivity contribution in [2.75, 3.05) is 5.32 Å². The maximum Gasteiger partial charge on any atom is 0.154 e. The lowest BCUT2D eigenvalue weighted by atomic mass is 10.2. The van der Waals surface area contributed by atoms with Gasteiger partial charge >= 0.3 is 0 Å². The van der Waals surface area contributed by atoms with Crippen molar-refractivity contribution < 1.29 is 4.42 Å². The molecule has 0 spiro atoms. The predicted octanol–water partition coefficient (Wildman–Crippen LogP) is 6.54. The molecule has 3 heteroatoms. The summed E-state index contributed by atoms with van der Waals surface area (Å²) in [5.41, 5.74) is 4.10. The molecule has 0 unspecified atom stereocenters. The molecule has 1 N–H and O–H groups in total. The quantitative estimate of drug-likeness (QED) is 0.400. The second-order valence-corrected chi connectivity index (χ2v) is 6.61. The van der Waals surface area contributed by atoms with E-state index in [0.29, 0.717) is 0 Å². The summed E-state index contributed by atoms with van der Waals surface area (Å²) >= 11 is 1.79. The van der Waals surface area contributed by atoms with Crippen LogP contribution in [0.3, 0.4) is 0 Å². The van der Waals surface area contributed by atoms with Crippen LogP contribution in [0.4, 0.5) is 11.4 Å². The van der Waals surface area contributed by atoms with Gasteiger partial charge in [-0.1, -0.05) is 30.3 Å². The van der Waals surface area contributed by atoms with Crippen LogP contribution in [0.1, 0.15) is 0 Å². The summed E-state index contributed by atoms with van der Waals surface area (Å²) < 4.78 is 8.58. The van der Waals surface area contributed by atoms with Crippen molar-refractivity contribution in [2.45, 2.75) is 0 Å². The summed E-state index contributed by atoms with van der Waals surface area (Å²) in [5, 5.41) is 5.81. The van der Waals surface area contributed by atoms with Gasteiger partial charge in [0.15, 0.2) is 5.58 Å². The molecular formula is C20H13NOS. The first-order chi connectivity index (χ1) is 11.4. The lowest BCUT2D eigenvalue weighted by Crippen LogP contribution is -1.88. The van der Waals surface area contributed by atoms with Crippen molar-refractivity contribution in [1.82, 2.24) is 0 Å². The van der Waals surface area contributed by atoms with Crippen LogP contribution in [0.2, 0.25) is 0 Å². The average molecular weight is 315 g/mol. The average Bonchev–Trinajstić information content (AvgIpc) is 3.12. The minimum atomic E-state index is 0.940. The monoisotopic (exact) mass is 315 g/mol. The molecule has 0 saturated carbocycles. The number of hydrogen-bond acceptors (Lipinski definition) is 3. The van der Waals surface area contributed by atoms with Crippen molar-refractivity contribution in [1.29, 1.82) is 0 Å². The van der Waals surface area contributed by atoms with E-state index >= 15 is 0 Å². The number of nitrogens with one attached hydrogen (secondary N) is 1. The van der Waals surface area contributed by atoms with Gasteiger partial charge < -0.3 is 9.73 Å². The van der Waals surface area contributed by atoms with Crippen LogP contribution in [0, 0.1) is 0 Å². The van der Waals surface area contributed by atoms with E-state index in [9.17, 15) is 0 Å². The molecule has 2 heterocycles. The molecule has 3 aromatic carbocycles. The molecule has 5 aromatic rings. The zero-order chi connectivity index (χ0) is 15.2. The van der Waals surface area contributed by atoms with E-state index < -0.39 is 0 Å². The number of thiophene rings is 1. The third kappa shape index (κ3) is 2.01. The highest BCUT2D eigenvalue weighted by molar-refractivity contribution is 7.26. The van der Waals surface area contributed by atoms with Gasteiger partial charge in [-0.2, -0.15) is 0 Å². The fraction of sp³-hybridized carbons (Fsp3) is 0. The molecule has 2 aromatic heterocycles. The number of rotatable bonds is 2. The molecule has 0 aliphatic heterocycles. The Labute approximate surface area is 137 Å². The summed E-state index contributed by atoms with van der Waals surface area (Å²) in [6.07, 6.45) is 0. The maximum atomic E-state index is 6.09. The first-order valence-corrected chi connectivity index (χ1v) is 8.36. The minimum Gasteiger partial charge on any atom is -0.454 e. The number of benzene rings is 3. The largest absolute Gasteiger partial charge is 0.454 e. The van der Waals surface area contributed by atoms with Gasteiger partial charge in [0.2, 0.25) is 0 Å². The molecule has 110 valence electrons. The zero-order valence-corrected chi connectivity index (χ0v) is 13.1. The topological polar surface area (TPSA) is 25.2 Å². The Morgan fingerprint density at radius 1 is 0.739 bits per heavy atom. The molecule has 2 nitrogen and oxygen atoms in total. The Hall–Kier alpha value is -2.78. The van der Waals surface area contributed by atoms with E-state index in [2.05, 4.69) is 53.8 Å². The van der Waals surface area contributed by atoms with Gasteiger partial charge in [-0.3, -0.25) is 0 Å². The molecule has 0 bridgehead atoms. The van der Waals surface area contributed by atoms with Gasteiger partial charge in [-0.05, 0) is 42.5 Å². The SMILES string of the molecule is c1ccc(Nc2ccc3oc4c5ccccc5sc4c3c2)cc1. The second kappa shape index (κ2) is 4.86. The van der Waals surface area contributed by atoms with Crippen LogP contribution < -0.4 is 5.32 Å². The number of hydrogen-bond donors (Lipinski definition) is 1. The van der Waals surface area contributed by atoms with Crippen LogP contribution in [0.25, 0.3) is 31.3 Å². The van der Waals surface area contributed by atoms with Gasteiger partial charge in [-0.25, -0.2) is 0 Å². The summed E-state index contributed by atoms with van der Waals surface area (Å²) in [4.78, 5) is 0. The standard InChI is InChI=1S/C20H13NOS/c1-2-6-13(7-3-1)21-14-10-11-17-16(12-14)20-19(22-17)15-8-4-5-9-18(15)23-20/h1-12,21H. The normalized spacial score (nSPS) is 11.5. The van der Waals surface area contributed by atoms with Crippen LogP contribution >= 0.6 is 11.3 Å². The van der Waals surface area contributed by atoms with Crippen LogP contribution in [0.5, 0.6) is 0 Å². The third-order valence-corrected chi connectivity index (χ3v) is 5.23. The molecule has 0 radical (unpaired) electrons. The summed E-state index contributed by atoms with van der Waals surface area (Å²) in [6.45, 7) is 0. The second-order valence-electron chi connectivity index (χ2n) is 5.56. The molecule has 0 fully saturated rings. The predicted molar refractivity (Wildman–Crippen MR) is 98.8 cm³/mol. The van der Waals surface area contributed by atoms with E-state index in [1.165, 1.54) is 20.2 Å². The maximum absolute atomic E-state index is 6.09. The van der Waals surface area contributed by atoms with Crippen molar-refractivity contribution >= 4 is 54.0 Å². The van der Waals surface area contributed by atoms with E-state index in [1.54, 1.807) is 11.3 Å². The van der Waals surface area contributed by atoms with E-state index in [0.717, 1.165) is 22.5 Å². The summed E-state index contributed by atoms with van der Waals surface area (Å²) in [6, 6.07) is 24.9. The van der Waals surface area contributed by atoms with E-state index in [-0.39, 0.29) is 0 Å². The first-order valence-electron chi connectivity index (χ1n) is 7.54. The molecule has 0 aliphatic carbocycles. The highest BCUT2D eigenvalue weighted by Crippen LogP contribution is 2.41. The number of para-hydroxylation sites is 1. The number of fused-ring (bicyclic) bond motifs is 5. The molecule has 23 heavy (non-hydrogen) atoms.